The number of carbonyl (C=O) groups is 1. The molecule has 2 rings (SSSR count). The van der Waals surface area contributed by atoms with Crippen molar-refractivity contribution in [1.82, 2.24) is 5.32 Å². The highest BCUT2D eigenvalue weighted by molar-refractivity contribution is 5.84. The van der Waals surface area contributed by atoms with Crippen LogP contribution in [0.1, 0.15) is 49.4 Å². The number of aromatic carboxylic acids is 1. The molecule has 0 aromatic carbocycles. The largest absolute Gasteiger partial charge is 0.475 e. The lowest BCUT2D eigenvalue weighted by Gasteiger charge is -2.32. The van der Waals surface area contributed by atoms with Crippen molar-refractivity contribution in [3.05, 3.63) is 23.7 Å². The molecule has 1 saturated carbocycles. The molecule has 1 fully saturated rings. The van der Waals surface area contributed by atoms with Crippen LogP contribution in [0.15, 0.2) is 16.5 Å². The summed E-state index contributed by atoms with van der Waals surface area (Å²) < 4.78 is 5.22. The molecule has 2 N–H and O–H groups in total. The van der Waals surface area contributed by atoms with Crippen molar-refractivity contribution in [3.8, 4) is 0 Å². The first-order valence-corrected chi connectivity index (χ1v) is 6.61. The van der Waals surface area contributed by atoms with Crippen LogP contribution in [0.5, 0.6) is 0 Å². The van der Waals surface area contributed by atoms with E-state index in [0.717, 1.165) is 11.8 Å². The molecule has 0 bridgehead atoms. The topological polar surface area (TPSA) is 62.5 Å². The van der Waals surface area contributed by atoms with E-state index < -0.39 is 5.97 Å². The van der Waals surface area contributed by atoms with Gasteiger partial charge in [-0.1, -0.05) is 13.8 Å². The van der Waals surface area contributed by atoms with Gasteiger partial charge in [-0.3, -0.25) is 0 Å². The third kappa shape index (κ3) is 3.13. The number of hydrogen-bond donors (Lipinski definition) is 2. The number of carboxylic acid groups (broad SMARTS) is 1. The van der Waals surface area contributed by atoms with Gasteiger partial charge in [0.2, 0.25) is 5.76 Å². The Hall–Kier alpha value is -1.29. The second-order valence-corrected chi connectivity index (χ2v) is 5.42. The third-order valence-corrected chi connectivity index (χ3v) is 4.04. The summed E-state index contributed by atoms with van der Waals surface area (Å²) in [5, 5.41) is 12.2. The van der Waals surface area contributed by atoms with Crippen LogP contribution in [0, 0.1) is 11.8 Å². The molecule has 4 nitrogen and oxygen atoms in total. The standard InChI is InChI=1S/C14H21NO3/c1-9-3-4-11(7-10(9)2)15-8-12-5-6-13(18-12)14(16)17/h5-6,9-11,15H,3-4,7-8H2,1-2H3,(H,16,17). The fourth-order valence-electron chi connectivity index (χ4n) is 2.57. The fraction of sp³-hybridized carbons (Fsp3) is 0.643. The molecule has 1 aliphatic carbocycles. The Kier molecular flexibility index (Phi) is 4.07. The second-order valence-electron chi connectivity index (χ2n) is 5.42. The molecule has 3 unspecified atom stereocenters. The number of rotatable bonds is 4. The highest BCUT2D eigenvalue weighted by atomic mass is 16.4. The SMILES string of the molecule is CC1CCC(NCc2ccc(C(=O)O)o2)CC1C. The first-order chi connectivity index (χ1) is 8.56. The summed E-state index contributed by atoms with van der Waals surface area (Å²) in [7, 11) is 0. The van der Waals surface area contributed by atoms with Crippen LogP contribution in [0.2, 0.25) is 0 Å². The zero-order chi connectivity index (χ0) is 13.1. The number of hydrogen-bond acceptors (Lipinski definition) is 3. The Morgan fingerprint density at radius 3 is 2.78 bits per heavy atom. The van der Waals surface area contributed by atoms with E-state index in [1.807, 2.05) is 0 Å². The van der Waals surface area contributed by atoms with Crippen molar-refractivity contribution in [2.45, 2.75) is 45.7 Å². The lowest BCUT2D eigenvalue weighted by molar-refractivity contribution is 0.0660. The Bertz CT molecular complexity index is 413. The van der Waals surface area contributed by atoms with E-state index in [1.165, 1.54) is 25.3 Å². The van der Waals surface area contributed by atoms with Crippen LogP contribution in [0.25, 0.3) is 0 Å². The lowest BCUT2D eigenvalue weighted by Crippen LogP contribution is -2.35. The quantitative estimate of drug-likeness (QED) is 0.863. The molecule has 4 heteroatoms. The minimum absolute atomic E-state index is 0.0115. The molecule has 1 aliphatic rings. The Morgan fingerprint density at radius 2 is 2.17 bits per heavy atom. The minimum Gasteiger partial charge on any atom is -0.475 e. The maximum Gasteiger partial charge on any atom is 0.371 e. The molecule has 1 aromatic rings. The molecule has 0 amide bonds. The van der Waals surface area contributed by atoms with Crippen LogP contribution in [0.3, 0.4) is 0 Å². The summed E-state index contributed by atoms with van der Waals surface area (Å²) >= 11 is 0. The van der Waals surface area contributed by atoms with Crippen molar-refractivity contribution in [1.29, 1.82) is 0 Å². The predicted octanol–water partition coefficient (Wildman–Crippen LogP) is 2.89. The van der Waals surface area contributed by atoms with Gasteiger partial charge in [0.25, 0.3) is 0 Å². The van der Waals surface area contributed by atoms with Gasteiger partial charge in [-0.05, 0) is 43.2 Å². The van der Waals surface area contributed by atoms with E-state index in [-0.39, 0.29) is 5.76 Å². The van der Waals surface area contributed by atoms with Gasteiger partial charge < -0.3 is 14.8 Å². The third-order valence-electron chi connectivity index (χ3n) is 4.04. The van der Waals surface area contributed by atoms with Crippen LogP contribution < -0.4 is 5.32 Å². The average Bonchev–Trinajstić information content (AvgIpc) is 2.79. The molecule has 1 heterocycles. The van der Waals surface area contributed by atoms with Crippen molar-refractivity contribution in [2.75, 3.05) is 0 Å². The van der Waals surface area contributed by atoms with Gasteiger partial charge in [0.15, 0.2) is 0 Å². The zero-order valence-electron chi connectivity index (χ0n) is 11.0. The first-order valence-electron chi connectivity index (χ1n) is 6.61. The molecule has 3 atom stereocenters. The molecule has 100 valence electrons. The first kappa shape index (κ1) is 13.1. The van der Waals surface area contributed by atoms with Gasteiger partial charge in [-0.25, -0.2) is 4.79 Å². The van der Waals surface area contributed by atoms with E-state index in [4.69, 9.17) is 9.52 Å². The highest BCUT2D eigenvalue weighted by Gasteiger charge is 2.24. The predicted molar refractivity (Wildman–Crippen MR) is 68.5 cm³/mol. The molecular weight excluding hydrogens is 230 g/mol. The van der Waals surface area contributed by atoms with Crippen LogP contribution in [-0.2, 0) is 6.54 Å². The summed E-state index contributed by atoms with van der Waals surface area (Å²) in [6.07, 6.45) is 3.64. The van der Waals surface area contributed by atoms with Crippen molar-refractivity contribution >= 4 is 5.97 Å². The zero-order valence-corrected chi connectivity index (χ0v) is 11.0. The Balaban J connectivity index is 1.82. The van der Waals surface area contributed by atoms with Gasteiger partial charge in [0.05, 0.1) is 6.54 Å². The second kappa shape index (κ2) is 5.57. The van der Waals surface area contributed by atoms with Gasteiger partial charge in [-0.2, -0.15) is 0 Å². The van der Waals surface area contributed by atoms with E-state index >= 15 is 0 Å². The van der Waals surface area contributed by atoms with E-state index in [9.17, 15) is 4.79 Å². The number of furan rings is 1. The maximum absolute atomic E-state index is 10.7. The van der Waals surface area contributed by atoms with E-state index in [2.05, 4.69) is 19.2 Å². The van der Waals surface area contributed by atoms with Gasteiger partial charge >= 0.3 is 5.97 Å². The molecule has 18 heavy (non-hydrogen) atoms. The Labute approximate surface area is 107 Å². The highest BCUT2D eigenvalue weighted by Crippen LogP contribution is 2.29. The van der Waals surface area contributed by atoms with E-state index in [0.29, 0.717) is 18.3 Å². The molecular formula is C14H21NO3. The van der Waals surface area contributed by atoms with Crippen LogP contribution >= 0.6 is 0 Å². The molecule has 0 aliphatic heterocycles. The van der Waals surface area contributed by atoms with Gasteiger partial charge in [0, 0.05) is 6.04 Å². The normalized spacial score (nSPS) is 28.2. The number of nitrogens with one attached hydrogen (secondary N) is 1. The molecule has 0 radical (unpaired) electrons. The summed E-state index contributed by atoms with van der Waals surface area (Å²) in [5.41, 5.74) is 0. The lowest BCUT2D eigenvalue weighted by atomic mass is 9.79. The molecule has 0 spiro atoms. The molecule has 1 aromatic heterocycles. The van der Waals surface area contributed by atoms with Gasteiger partial charge in [0.1, 0.15) is 5.76 Å². The smallest absolute Gasteiger partial charge is 0.371 e. The van der Waals surface area contributed by atoms with Crippen molar-refractivity contribution in [3.63, 3.8) is 0 Å². The minimum atomic E-state index is -1.01. The monoisotopic (exact) mass is 251 g/mol. The van der Waals surface area contributed by atoms with Crippen LogP contribution in [-0.4, -0.2) is 17.1 Å². The average molecular weight is 251 g/mol. The summed E-state index contributed by atoms with van der Waals surface area (Å²) in [6.45, 7) is 5.22. The Morgan fingerprint density at radius 1 is 1.39 bits per heavy atom. The van der Waals surface area contributed by atoms with Crippen molar-refractivity contribution < 1.29 is 14.3 Å². The summed E-state index contributed by atoms with van der Waals surface area (Å²) in [6, 6.07) is 3.76. The van der Waals surface area contributed by atoms with Crippen molar-refractivity contribution in [2.24, 2.45) is 11.8 Å². The number of carboxylic acids is 1. The fourth-order valence-corrected chi connectivity index (χ4v) is 2.57. The molecule has 0 saturated heterocycles. The van der Waals surface area contributed by atoms with Gasteiger partial charge in [-0.15, -0.1) is 0 Å². The maximum atomic E-state index is 10.7. The van der Waals surface area contributed by atoms with Crippen LogP contribution in [0.4, 0.5) is 0 Å². The van der Waals surface area contributed by atoms with E-state index in [1.54, 1.807) is 6.07 Å². The summed E-state index contributed by atoms with van der Waals surface area (Å²) in [5.74, 6) is 1.25. The summed E-state index contributed by atoms with van der Waals surface area (Å²) in [4.78, 5) is 10.7.